The van der Waals surface area contributed by atoms with E-state index in [-0.39, 0.29) is 16.8 Å². The van der Waals surface area contributed by atoms with E-state index >= 15 is 0 Å². The van der Waals surface area contributed by atoms with Gasteiger partial charge in [0.1, 0.15) is 17.2 Å². The Morgan fingerprint density at radius 2 is 1.48 bits per heavy atom. The maximum absolute atomic E-state index is 13.7. The molecule has 0 unspecified atom stereocenters. The summed E-state index contributed by atoms with van der Waals surface area (Å²) < 4.78 is 19.6. The Balaban J connectivity index is 2.05. The van der Waals surface area contributed by atoms with E-state index in [4.69, 9.17) is 4.52 Å². The average molecular weight is 324 g/mol. The van der Waals surface area contributed by atoms with E-state index < -0.39 is 7.37 Å². The number of hydrogen-bond acceptors (Lipinski definition) is 4. The van der Waals surface area contributed by atoms with E-state index in [0.717, 1.165) is 11.1 Å². The van der Waals surface area contributed by atoms with Crippen LogP contribution in [0, 0.1) is 0 Å². The monoisotopic (exact) mass is 324 g/mol. The molecule has 2 N–H and O–H groups in total. The number of para-hydroxylation sites is 1. The Bertz CT molecular complexity index is 965. The lowest BCUT2D eigenvalue weighted by Gasteiger charge is -2.29. The smallest absolute Gasteiger partial charge is 0.311 e. The molecule has 5 heteroatoms. The zero-order chi connectivity index (χ0) is 16.0. The van der Waals surface area contributed by atoms with Gasteiger partial charge in [0, 0.05) is 5.56 Å². The zero-order valence-corrected chi connectivity index (χ0v) is 12.9. The predicted molar refractivity (Wildman–Crippen MR) is 89.2 cm³/mol. The number of phenolic OH excluding ortho intramolecular Hbond substituents is 2. The molecule has 0 radical (unpaired) electrons. The summed E-state index contributed by atoms with van der Waals surface area (Å²) in [6.45, 7) is 0. The van der Waals surface area contributed by atoms with Gasteiger partial charge >= 0.3 is 7.37 Å². The Kier molecular flexibility index (Phi) is 2.97. The van der Waals surface area contributed by atoms with Crippen molar-refractivity contribution >= 4 is 18.0 Å². The third-order valence-corrected chi connectivity index (χ3v) is 6.37. The van der Waals surface area contributed by atoms with Crippen molar-refractivity contribution in [3.8, 4) is 28.4 Å². The van der Waals surface area contributed by atoms with Crippen molar-refractivity contribution in [1.82, 2.24) is 0 Å². The van der Waals surface area contributed by atoms with Gasteiger partial charge in [-0.3, -0.25) is 4.57 Å². The number of benzene rings is 3. The summed E-state index contributed by atoms with van der Waals surface area (Å²) in [5, 5.41) is 20.5. The molecule has 4 nitrogen and oxygen atoms in total. The van der Waals surface area contributed by atoms with Crippen molar-refractivity contribution < 1.29 is 19.3 Å². The molecule has 0 aliphatic carbocycles. The van der Waals surface area contributed by atoms with Crippen molar-refractivity contribution in [3.63, 3.8) is 0 Å². The molecular formula is C18H13O4P. The van der Waals surface area contributed by atoms with Crippen LogP contribution < -0.4 is 15.1 Å². The van der Waals surface area contributed by atoms with Crippen LogP contribution in [0.15, 0.2) is 66.7 Å². The molecule has 23 heavy (non-hydrogen) atoms. The molecule has 1 heterocycles. The van der Waals surface area contributed by atoms with Gasteiger partial charge in [0.15, 0.2) is 0 Å². The molecular weight excluding hydrogens is 311 g/mol. The lowest BCUT2D eigenvalue weighted by Crippen LogP contribution is -2.25. The lowest BCUT2D eigenvalue weighted by molar-refractivity contribution is 0.459. The first-order valence-corrected chi connectivity index (χ1v) is 8.73. The third kappa shape index (κ3) is 2.03. The van der Waals surface area contributed by atoms with Gasteiger partial charge in [-0.05, 0) is 35.9 Å². The molecule has 1 atom stereocenters. The molecule has 0 saturated heterocycles. The third-order valence-electron chi connectivity index (χ3n) is 3.90. The van der Waals surface area contributed by atoms with Gasteiger partial charge in [-0.2, -0.15) is 0 Å². The van der Waals surface area contributed by atoms with Crippen LogP contribution in [0.3, 0.4) is 0 Å². The number of aromatic hydroxyl groups is 2. The topological polar surface area (TPSA) is 66.8 Å². The minimum atomic E-state index is -3.56. The predicted octanol–water partition coefficient (Wildman–Crippen LogP) is 3.39. The molecule has 3 aromatic rings. The minimum absolute atomic E-state index is 0.0760. The van der Waals surface area contributed by atoms with Crippen LogP contribution in [0.5, 0.6) is 17.2 Å². The fourth-order valence-electron chi connectivity index (χ4n) is 2.84. The molecule has 0 bridgehead atoms. The Morgan fingerprint density at radius 1 is 0.783 bits per heavy atom. The number of phenols is 2. The highest BCUT2D eigenvalue weighted by atomic mass is 31.2. The second kappa shape index (κ2) is 4.90. The summed E-state index contributed by atoms with van der Waals surface area (Å²) in [7, 11) is -3.56. The average Bonchev–Trinajstić information content (AvgIpc) is 2.57. The van der Waals surface area contributed by atoms with Crippen molar-refractivity contribution in [2.45, 2.75) is 0 Å². The van der Waals surface area contributed by atoms with Gasteiger partial charge in [-0.15, -0.1) is 0 Å². The van der Waals surface area contributed by atoms with Crippen LogP contribution in [0.1, 0.15) is 0 Å². The summed E-state index contributed by atoms with van der Waals surface area (Å²) >= 11 is 0. The molecule has 1 aliphatic heterocycles. The summed E-state index contributed by atoms with van der Waals surface area (Å²) in [6, 6.07) is 18.6. The lowest BCUT2D eigenvalue weighted by atomic mass is 10.0. The molecule has 1 aliphatic rings. The molecule has 3 aromatic carbocycles. The van der Waals surface area contributed by atoms with Gasteiger partial charge in [-0.25, -0.2) is 0 Å². The normalized spacial score (nSPS) is 18.6. The molecule has 0 aromatic heterocycles. The number of rotatable bonds is 1. The van der Waals surface area contributed by atoms with E-state index in [1.165, 1.54) is 18.2 Å². The molecule has 0 spiro atoms. The fraction of sp³-hybridized carbons (Fsp3) is 0. The van der Waals surface area contributed by atoms with Crippen molar-refractivity contribution in [3.05, 3.63) is 66.7 Å². The highest BCUT2D eigenvalue weighted by Gasteiger charge is 2.39. The van der Waals surface area contributed by atoms with Gasteiger partial charge in [0.2, 0.25) is 0 Å². The van der Waals surface area contributed by atoms with E-state index in [1.807, 2.05) is 24.3 Å². The van der Waals surface area contributed by atoms with Crippen LogP contribution in [-0.4, -0.2) is 10.2 Å². The Morgan fingerprint density at radius 3 is 2.30 bits per heavy atom. The summed E-state index contributed by atoms with van der Waals surface area (Å²) in [4.78, 5) is 0. The standard InChI is InChI=1S/C18H13O4P/c19-12-9-10-15(20)18(11-12)23(21)17-8-4-2-6-14(17)13-5-1-3-7-16(13)22-23/h1-11,19-20H/t23-/m1/s1. The molecule has 114 valence electrons. The maximum Gasteiger partial charge on any atom is 0.311 e. The number of fused-ring (bicyclic) bond motifs is 3. The van der Waals surface area contributed by atoms with E-state index in [1.54, 1.807) is 24.3 Å². The first kappa shape index (κ1) is 13.9. The highest BCUT2D eigenvalue weighted by molar-refractivity contribution is 7.75. The molecule has 4 rings (SSSR count). The zero-order valence-electron chi connectivity index (χ0n) is 12.0. The van der Waals surface area contributed by atoms with Crippen LogP contribution in [-0.2, 0) is 4.57 Å². The Labute approximate surface area is 133 Å². The summed E-state index contributed by atoms with van der Waals surface area (Å²) in [6.07, 6.45) is 0. The van der Waals surface area contributed by atoms with E-state index in [0.29, 0.717) is 11.1 Å². The van der Waals surface area contributed by atoms with Crippen LogP contribution in [0.2, 0.25) is 0 Å². The van der Waals surface area contributed by atoms with Crippen LogP contribution in [0.25, 0.3) is 11.1 Å². The molecule has 0 fully saturated rings. The van der Waals surface area contributed by atoms with Gasteiger partial charge in [-0.1, -0.05) is 36.4 Å². The van der Waals surface area contributed by atoms with Crippen molar-refractivity contribution in [1.29, 1.82) is 0 Å². The molecule has 0 amide bonds. The minimum Gasteiger partial charge on any atom is -0.508 e. The van der Waals surface area contributed by atoms with E-state index in [9.17, 15) is 14.8 Å². The van der Waals surface area contributed by atoms with Crippen LogP contribution in [0.4, 0.5) is 0 Å². The second-order valence-corrected chi connectivity index (χ2v) is 7.58. The van der Waals surface area contributed by atoms with Crippen LogP contribution >= 0.6 is 7.37 Å². The SMILES string of the molecule is O=[P@@]1(c2cc(O)ccc2O)Oc2ccccc2-c2ccccc21. The van der Waals surface area contributed by atoms with Gasteiger partial charge < -0.3 is 14.7 Å². The first-order chi connectivity index (χ1) is 11.1. The van der Waals surface area contributed by atoms with Crippen molar-refractivity contribution in [2.75, 3.05) is 0 Å². The molecule has 0 saturated carbocycles. The van der Waals surface area contributed by atoms with E-state index in [2.05, 4.69) is 0 Å². The summed E-state index contributed by atoms with van der Waals surface area (Å²) in [5.41, 5.74) is 1.66. The number of hydrogen-bond donors (Lipinski definition) is 2. The first-order valence-electron chi connectivity index (χ1n) is 7.11. The maximum atomic E-state index is 13.7. The van der Waals surface area contributed by atoms with Crippen molar-refractivity contribution in [2.24, 2.45) is 0 Å². The van der Waals surface area contributed by atoms with Gasteiger partial charge in [0.25, 0.3) is 0 Å². The largest absolute Gasteiger partial charge is 0.508 e. The second-order valence-electron chi connectivity index (χ2n) is 5.33. The van der Waals surface area contributed by atoms with Gasteiger partial charge in [0.05, 0.1) is 10.6 Å². The Hall–Kier alpha value is -2.71. The fourth-order valence-corrected chi connectivity index (χ4v) is 5.21. The summed E-state index contributed by atoms with van der Waals surface area (Å²) in [5.74, 6) is 0.255. The quantitative estimate of drug-likeness (QED) is 0.532. The highest BCUT2D eigenvalue weighted by Crippen LogP contribution is 2.55.